The summed E-state index contributed by atoms with van der Waals surface area (Å²) in [6.45, 7) is 0. The third-order valence-corrected chi connectivity index (χ3v) is 5.64. The number of benzene rings is 2. The Morgan fingerprint density at radius 2 is 1.91 bits per heavy atom. The molecular weight excluding hydrogens is 413 g/mol. The van der Waals surface area contributed by atoms with Crippen molar-refractivity contribution < 1.29 is 19.0 Å². The number of amides is 1. The molecule has 2 N–H and O–H groups in total. The number of nitrogens with zero attached hydrogens (tertiary/aromatic N) is 2. The molecule has 32 heavy (non-hydrogen) atoms. The normalized spacial score (nSPS) is 18.2. The first kappa shape index (κ1) is 21.7. The zero-order chi connectivity index (χ0) is 22.7. The van der Waals surface area contributed by atoms with Crippen LogP contribution in [0.4, 0.5) is 4.39 Å². The smallest absolute Gasteiger partial charge is 0.284 e. The Hall–Kier alpha value is -3.52. The van der Waals surface area contributed by atoms with E-state index in [2.05, 4.69) is 10.4 Å². The maximum atomic E-state index is 13.8. The second-order valence-electron chi connectivity index (χ2n) is 7.80. The number of aliphatic hydroxyl groups is 1. The van der Waals surface area contributed by atoms with Gasteiger partial charge in [-0.2, -0.15) is 9.78 Å². The van der Waals surface area contributed by atoms with Crippen LogP contribution >= 0.6 is 0 Å². The van der Waals surface area contributed by atoms with Crippen LogP contribution in [-0.4, -0.2) is 40.0 Å². The fourth-order valence-corrected chi connectivity index (χ4v) is 3.87. The maximum Gasteiger partial charge on any atom is 0.284 e. The molecule has 1 heterocycles. The lowest BCUT2D eigenvalue weighted by molar-refractivity contribution is 0.0716. The average Bonchev–Trinajstić information content (AvgIpc) is 2.80. The van der Waals surface area contributed by atoms with Crippen molar-refractivity contribution >= 4 is 5.91 Å². The van der Waals surface area contributed by atoms with Gasteiger partial charge in [-0.05, 0) is 61.4 Å². The van der Waals surface area contributed by atoms with Crippen molar-refractivity contribution in [1.82, 2.24) is 15.1 Å². The highest BCUT2D eigenvalue weighted by Crippen LogP contribution is 2.22. The molecule has 1 fully saturated rings. The van der Waals surface area contributed by atoms with E-state index in [-0.39, 0.29) is 11.3 Å². The molecule has 0 bridgehead atoms. The third-order valence-electron chi connectivity index (χ3n) is 5.64. The first-order chi connectivity index (χ1) is 15.5. The lowest BCUT2D eigenvalue weighted by Gasteiger charge is -2.28. The average molecular weight is 437 g/mol. The van der Waals surface area contributed by atoms with Gasteiger partial charge in [0, 0.05) is 5.56 Å². The Morgan fingerprint density at radius 1 is 1.16 bits per heavy atom. The Morgan fingerprint density at radius 3 is 2.59 bits per heavy atom. The summed E-state index contributed by atoms with van der Waals surface area (Å²) in [5, 5.41) is 17.4. The van der Waals surface area contributed by atoms with Gasteiger partial charge >= 0.3 is 0 Å². The SMILES string of the molecule is COc1ccc(-c2cc(C(=O)NC3CCCCC3O)c(=O)n(-c3cccc(F)c3)n2)cc1. The van der Waals surface area contributed by atoms with E-state index in [0.29, 0.717) is 29.8 Å². The molecule has 166 valence electrons. The van der Waals surface area contributed by atoms with Crippen LogP contribution in [-0.2, 0) is 0 Å². The summed E-state index contributed by atoms with van der Waals surface area (Å²) in [5.41, 5.74) is 0.425. The molecule has 7 nitrogen and oxygen atoms in total. The molecule has 1 saturated carbocycles. The van der Waals surface area contributed by atoms with E-state index < -0.39 is 29.4 Å². The standard InChI is InChI=1S/C24H24FN3O4/c1-32-18-11-9-15(10-12-18)21-14-19(23(30)26-20-7-2-3-8-22(20)29)24(31)28(27-21)17-6-4-5-16(25)13-17/h4-6,9-14,20,22,29H,2-3,7-8H2,1H3,(H,26,30). The van der Waals surface area contributed by atoms with E-state index >= 15 is 0 Å². The largest absolute Gasteiger partial charge is 0.497 e. The number of methoxy groups -OCH3 is 1. The highest BCUT2D eigenvalue weighted by Gasteiger charge is 2.26. The Balaban J connectivity index is 1.79. The van der Waals surface area contributed by atoms with Crippen molar-refractivity contribution in [3.8, 4) is 22.7 Å². The van der Waals surface area contributed by atoms with Crippen LogP contribution in [0.1, 0.15) is 36.0 Å². The molecule has 8 heteroatoms. The lowest BCUT2D eigenvalue weighted by atomic mass is 9.92. The number of aromatic nitrogens is 2. The Labute approximate surface area is 184 Å². The summed E-state index contributed by atoms with van der Waals surface area (Å²) in [6.07, 6.45) is 2.38. The summed E-state index contributed by atoms with van der Waals surface area (Å²) in [6, 6.07) is 13.5. The first-order valence-corrected chi connectivity index (χ1v) is 10.5. The molecule has 1 amide bonds. The lowest BCUT2D eigenvalue weighted by Crippen LogP contribution is -2.46. The molecule has 1 aromatic heterocycles. The number of hydrogen-bond donors (Lipinski definition) is 2. The predicted octanol–water partition coefficient (Wildman–Crippen LogP) is 3.08. The molecule has 2 unspecified atom stereocenters. The minimum Gasteiger partial charge on any atom is -0.497 e. The van der Waals surface area contributed by atoms with Gasteiger partial charge in [0.2, 0.25) is 0 Å². The minimum atomic E-state index is -0.671. The first-order valence-electron chi connectivity index (χ1n) is 10.5. The maximum absolute atomic E-state index is 13.8. The van der Waals surface area contributed by atoms with Crippen LogP contribution in [0.15, 0.2) is 59.4 Å². The van der Waals surface area contributed by atoms with E-state index in [1.807, 2.05) is 0 Å². The van der Waals surface area contributed by atoms with E-state index in [4.69, 9.17) is 4.74 Å². The summed E-state index contributed by atoms with van der Waals surface area (Å²) >= 11 is 0. The van der Waals surface area contributed by atoms with Crippen LogP contribution in [0.3, 0.4) is 0 Å². The van der Waals surface area contributed by atoms with Crippen LogP contribution in [0.25, 0.3) is 16.9 Å². The highest BCUT2D eigenvalue weighted by molar-refractivity contribution is 5.95. The van der Waals surface area contributed by atoms with Gasteiger partial charge in [-0.15, -0.1) is 0 Å². The van der Waals surface area contributed by atoms with Crippen LogP contribution < -0.4 is 15.6 Å². The molecule has 2 aromatic carbocycles. The molecule has 0 radical (unpaired) electrons. The van der Waals surface area contributed by atoms with Gasteiger partial charge in [-0.25, -0.2) is 4.39 Å². The molecule has 4 rings (SSSR count). The number of rotatable bonds is 5. The van der Waals surface area contributed by atoms with Gasteiger partial charge in [-0.1, -0.05) is 18.9 Å². The van der Waals surface area contributed by atoms with E-state index in [9.17, 15) is 19.1 Å². The molecule has 3 aromatic rings. The summed E-state index contributed by atoms with van der Waals surface area (Å²) < 4.78 is 20.0. The highest BCUT2D eigenvalue weighted by atomic mass is 19.1. The monoisotopic (exact) mass is 437 g/mol. The number of halogens is 1. The molecule has 0 aliphatic heterocycles. The second kappa shape index (κ2) is 9.32. The van der Waals surface area contributed by atoms with Crippen molar-refractivity contribution in [2.75, 3.05) is 7.11 Å². The Bertz CT molecular complexity index is 1180. The Kier molecular flexibility index (Phi) is 6.32. The molecule has 0 saturated heterocycles. The predicted molar refractivity (Wildman–Crippen MR) is 118 cm³/mol. The van der Waals surface area contributed by atoms with Crippen molar-refractivity contribution in [1.29, 1.82) is 0 Å². The zero-order valence-corrected chi connectivity index (χ0v) is 17.6. The van der Waals surface area contributed by atoms with Gasteiger partial charge in [0.05, 0.1) is 30.6 Å². The van der Waals surface area contributed by atoms with Crippen LogP contribution in [0, 0.1) is 5.82 Å². The van der Waals surface area contributed by atoms with Crippen LogP contribution in [0.5, 0.6) is 5.75 Å². The third kappa shape index (κ3) is 4.55. The number of carbonyl (C=O) groups is 1. The fraction of sp³-hybridized carbons (Fsp3) is 0.292. The minimum absolute atomic E-state index is 0.132. The van der Waals surface area contributed by atoms with E-state index in [1.54, 1.807) is 37.4 Å². The van der Waals surface area contributed by atoms with Gasteiger partial charge in [0.15, 0.2) is 0 Å². The quantitative estimate of drug-likeness (QED) is 0.640. The number of hydrogen-bond acceptors (Lipinski definition) is 5. The number of aliphatic hydroxyl groups excluding tert-OH is 1. The molecule has 1 aliphatic carbocycles. The van der Waals surface area contributed by atoms with Gasteiger partial charge < -0.3 is 15.2 Å². The van der Waals surface area contributed by atoms with Crippen molar-refractivity contribution in [2.45, 2.75) is 37.8 Å². The molecule has 2 atom stereocenters. The fourth-order valence-electron chi connectivity index (χ4n) is 3.87. The number of carbonyl (C=O) groups excluding carboxylic acids is 1. The second-order valence-corrected chi connectivity index (χ2v) is 7.80. The topological polar surface area (TPSA) is 93.5 Å². The van der Waals surface area contributed by atoms with Crippen molar-refractivity contribution in [3.05, 3.63) is 76.3 Å². The number of ether oxygens (including phenoxy) is 1. The molecule has 0 spiro atoms. The van der Waals surface area contributed by atoms with Crippen molar-refractivity contribution in [2.24, 2.45) is 0 Å². The van der Waals surface area contributed by atoms with E-state index in [0.717, 1.165) is 17.5 Å². The van der Waals surface area contributed by atoms with Gasteiger partial charge in [0.25, 0.3) is 11.5 Å². The summed E-state index contributed by atoms with van der Waals surface area (Å²) in [4.78, 5) is 26.2. The molecule has 1 aliphatic rings. The van der Waals surface area contributed by atoms with Gasteiger partial charge in [-0.3, -0.25) is 9.59 Å². The molecular formula is C24H24FN3O4. The van der Waals surface area contributed by atoms with E-state index in [1.165, 1.54) is 24.3 Å². The van der Waals surface area contributed by atoms with Crippen LogP contribution in [0.2, 0.25) is 0 Å². The number of nitrogens with one attached hydrogen (secondary N) is 1. The van der Waals surface area contributed by atoms with Crippen molar-refractivity contribution in [3.63, 3.8) is 0 Å². The zero-order valence-electron chi connectivity index (χ0n) is 17.6. The summed E-state index contributed by atoms with van der Waals surface area (Å²) in [7, 11) is 1.56. The van der Waals surface area contributed by atoms with Gasteiger partial charge in [0.1, 0.15) is 17.1 Å². The summed E-state index contributed by atoms with van der Waals surface area (Å²) in [5.74, 6) is -0.470.